The minimum atomic E-state index is -2.97. The van der Waals surface area contributed by atoms with E-state index in [9.17, 15) is 37.2 Å². The zero-order valence-corrected chi connectivity index (χ0v) is 23.0. The smallest absolute Gasteiger partial charge is 0.252 e. The Kier molecular flexibility index (Phi) is 8.34. The summed E-state index contributed by atoms with van der Waals surface area (Å²) in [6.07, 6.45) is 0.0112. The van der Waals surface area contributed by atoms with E-state index >= 15 is 0 Å². The standard InChI is InChI=1S/C29H23ClF4N6O3/c30-22-4-2-1-3-21(22)26(27(42)38-19-11-29(33,34)12-19)39(20-9-17(31)8-18(32)10-20)28(43)23-14-36-15-25(41)40(23)24-7-16(13-35)5-6-37-24/h1-10,19,23,26,36H,11-12,14-15H2,(H,38,42)/t23?,26-/m0/s1. The molecule has 222 valence electrons. The highest BCUT2D eigenvalue weighted by atomic mass is 35.5. The van der Waals surface area contributed by atoms with E-state index in [2.05, 4.69) is 15.6 Å². The second-order valence-electron chi connectivity index (χ2n) is 10.2. The first kappa shape index (κ1) is 29.9. The molecule has 0 radical (unpaired) electrons. The van der Waals surface area contributed by atoms with Gasteiger partial charge in [0.25, 0.3) is 11.8 Å². The average molecular weight is 615 g/mol. The molecule has 1 saturated carbocycles. The van der Waals surface area contributed by atoms with Crippen LogP contribution < -0.4 is 20.4 Å². The summed E-state index contributed by atoms with van der Waals surface area (Å²) in [6.45, 7) is -0.357. The number of piperazine rings is 1. The number of carbonyl (C=O) groups excluding carboxylic acids is 3. The van der Waals surface area contributed by atoms with Crippen LogP contribution in [-0.4, -0.2) is 53.8 Å². The molecule has 43 heavy (non-hydrogen) atoms. The first-order chi connectivity index (χ1) is 20.5. The molecule has 14 heteroatoms. The lowest BCUT2D eigenvalue weighted by Gasteiger charge is -2.41. The number of hydrogen-bond acceptors (Lipinski definition) is 6. The highest BCUT2D eigenvalue weighted by Gasteiger charge is 2.48. The van der Waals surface area contributed by atoms with E-state index in [0.717, 1.165) is 21.9 Å². The second-order valence-corrected chi connectivity index (χ2v) is 10.6. The van der Waals surface area contributed by atoms with E-state index in [1.165, 1.54) is 36.5 Å². The van der Waals surface area contributed by atoms with E-state index in [0.29, 0.717) is 6.07 Å². The Bertz CT molecular complexity index is 1610. The third-order valence-electron chi connectivity index (χ3n) is 7.11. The molecule has 0 spiro atoms. The molecule has 0 bridgehead atoms. The van der Waals surface area contributed by atoms with Crippen molar-refractivity contribution in [1.29, 1.82) is 5.26 Å². The van der Waals surface area contributed by atoms with Crippen LogP contribution >= 0.6 is 11.6 Å². The van der Waals surface area contributed by atoms with Gasteiger partial charge < -0.3 is 10.6 Å². The van der Waals surface area contributed by atoms with Gasteiger partial charge in [0.2, 0.25) is 11.8 Å². The Morgan fingerprint density at radius 2 is 1.84 bits per heavy atom. The van der Waals surface area contributed by atoms with E-state index in [-0.39, 0.29) is 35.1 Å². The fraction of sp³-hybridized carbons (Fsp3) is 0.276. The molecule has 3 aromatic rings. The van der Waals surface area contributed by atoms with Gasteiger partial charge in [0.05, 0.1) is 23.9 Å². The number of nitrogens with one attached hydrogen (secondary N) is 2. The van der Waals surface area contributed by atoms with Crippen LogP contribution in [0.5, 0.6) is 0 Å². The Balaban J connectivity index is 1.65. The minimum absolute atomic E-state index is 0.00866. The molecule has 2 fully saturated rings. The van der Waals surface area contributed by atoms with Crippen LogP contribution in [0.25, 0.3) is 0 Å². The zero-order valence-electron chi connectivity index (χ0n) is 22.2. The highest BCUT2D eigenvalue weighted by Crippen LogP contribution is 2.39. The monoisotopic (exact) mass is 614 g/mol. The van der Waals surface area contributed by atoms with Gasteiger partial charge in [-0.2, -0.15) is 5.26 Å². The summed E-state index contributed by atoms with van der Waals surface area (Å²) in [6, 6.07) is 8.72. The lowest BCUT2D eigenvalue weighted by molar-refractivity contribution is -0.133. The predicted octanol–water partition coefficient (Wildman–Crippen LogP) is 3.88. The Morgan fingerprint density at radius 1 is 1.14 bits per heavy atom. The Labute approximate surface area is 248 Å². The van der Waals surface area contributed by atoms with E-state index in [1.807, 2.05) is 6.07 Å². The molecule has 1 saturated heterocycles. The van der Waals surface area contributed by atoms with E-state index < -0.39 is 71.9 Å². The van der Waals surface area contributed by atoms with Crippen molar-refractivity contribution in [1.82, 2.24) is 15.6 Å². The number of amides is 3. The number of aromatic nitrogens is 1. The van der Waals surface area contributed by atoms with Gasteiger partial charge in [-0.3, -0.25) is 24.2 Å². The summed E-state index contributed by atoms with van der Waals surface area (Å²) in [5, 5.41) is 14.7. The SMILES string of the molecule is N#Cc1ccnc(N2C(=O)CNCC2C(=O)N(c2cc(F)cc(F)c2)[C@H](C(=O)NC2CC(F)(F)C2)c2ccccc2Cl)c1. The summed E-state index contributed by atoms with van der Waals surface area (Å²) < 4.78 is 56.4. The largest absolute Gasteiger partial charge is 0.351 e. The number of nitriles is 1. The van der Waals surface area contributed by atoms with Gasteiger partial charge in [-0.1, -0.05) is 29.8 Å². The molecule has 2 aromatic carbocycles. The topological polar surface area (TPSA) is 118 Å². The lowest BCUT2D eigenvalue weighted by atomic mass is 9.87. The average Bonchev–Trinajstić information content (AvgIpc) is 2.94. The molecule has 2 atom stereocenters. The van der Waals surface area contributed by atoms with Gasteiger partial charge in [0.1, 0.15) is 29.5 Å². The molecular weight excluding hydrogens is 592 g/mol. The summed E-state index contributed by atoms with van der Waals surface area (Å²) >= 11 is 6.45. The number of rotatable bonds is 7. The Hall–Kier alpha value is -4.54. The summed E-state index contributed by atoms with van der Waals surface area (Å²) in [4.78, 5) is 47.5. The van der Waals surface area contributed by atoms with Crippen molar-refractivity contribution in [3.8, 4) is 6.07 Å². The molecular formula is C29H23ClF4N6O3. The molecule has 1 unspecified atom stereocenters. The zero-order chi connectivity index (χ0) is 30.9. The van der Waals surface area contributed by atoms with Crippen molar-refractivity contribution in [2.75, 3.05) is 22.9 Å². The maximum absolute atomic E-state index is 14.6. The van der Waals surface area contributed by atoms with Gasteiger partial charge in [-0.05, 0) is 30.3 Å². The number of alkyl halides is 2. The van der Waals surface area contributed by atoms with Crippen molar-refractivity contribution in [2.45, 2.75) is 36.9 Å². The highest BCUT2D eigenvalue weighted by molar-refractivity contribution is 6.31. The summed E-state index contributed by atoms with van der Waals surface area (Å²) in [5.41, 5.74) is -0.201. The van der Waals surface area contributed by atoms with Crippen molar-refractivity contribution >= 4 is 40.8 Å². The fourth-order valence-electron chi connectivity index (χ4n) is 5.15. The first-order valence-electron chi connectivity index (χ1n) is 13.1. The number of pyridine rings is 1. The van der Waals surface area contributed by atoms with E-state index in [4.69, 9.17) is 11.6 Å². The molecule has 2 aliphatic rings. The maximum Gasteiger partial charge on any atom is 0.252 e. The predicted molar refractivity (Wildman–Crippen MR) is 147 cm³/mol. The maximum atomic E-state index is 14.6. The van der Waals surface area contributed by atoms with Crippen LogP contribution in [0.15, 0.2) is 60.8 Å². The number of halogens is 5. The normalized spacial score (nSPS) is 18.7. The van der Waals surface area contributed by atoms with Crippen molar-refractivity contribution in [3.63, 3.8) is 0 Å². The number of anilines is 2. The van der Waals surface area contributed by atoms with E-state index in [1.54, 1.807) is 6.07 Å². The number of carbonyl (C=O) groups is 3. The minimum Gasteiger partial charge on any atom is -0.351 e. The van der Waals surface area contributed by atoms with Crippen LogP contribution in [0.2, 0.25) is 5.02 Å². The fourth-order valence-corrected chi connectivity index (χ4v) is 5.39. The van der Waals surface area contributed by atoms with Crippen molar-refractivity contribution < 1.29 is 31.9 Å². The van der Waals surface area contributed by atoms with Gasteiger partial charge in [0.15, 0.2) is 0 Å². The van der Waals surface area contributed by atoms with Crippen LogP contribution in [0.3, 0.4) is 0 Å². The van der Waals surface area contributed by atoms with Crippen LogP contribution in [-0.2, 0) is 14.4 Å². The summed E-state index contributed by atoms with van der Waals surface area (Å²) in [7, 11) is 0. The summed E-state index contributed by atoms with van der Waals surface area (Å²) in [5.74, 6) is -7.64. The van der Waals surface area contributed by atoms with Crippen LogP contribution in [0.1, 0.15) is 30.0 Å². The molecule has 1 aromatic heterocycles. The van der Waals surface area contributed by atoms with Gasteiger partial charge in [0, 0.05) is 48.3 Å². The molecule has 9 nitrogen and oxygen atoms in total. The van der Waals surface area contributed by atoms with Gasteiger partial charge in [-0.25, -0.2) is 22.5 Å². The number of benzene rings is 2. The second kappa shape index (κ2) is 12.0. The molecule has 1 aliphatic heterocycles. The third kappa shape index (κ3) is 6.30. The van der Waals surface area contributed by atoms with Crippen molar-refractivity contribution in [3.05, 3.63) is 88.6 Å². The molecule has 2 N–H and O–H groups in total. The molecule has 3 amide bonds. The third-order valence-corrected chi connectivity index (χ3v) is 7.45. The number of nitrogens with zero attached hydrogens (tertiary/aromatic N) is 4. The molecule has 1 aliphatic carbocycles. The van der Waals surface area contributed by atoms with Gasteiger partial charge >= 0.3 is 0 Å². The van der Waals surface area contributed by atoms with Crippen LogP contribution in [0.4, 0.5) is 29.1 Å². The van der Waals surface area contributed by atoms with Gasteiger partial charge in [-0.15, -0.1) is 0 Å². The van der Waals surface area contributed by atoms with Crippen LogP contribution in [0, 0.1) is 23.0 Å². The lowest BCUT2D eigenvalue weighted by Crippen LogP contribution is -2.63. The molecule has 2 heterocycles. The molecule has 5 rings (SSSR count). The number of hydrogen-bond donors (Lipinski definition) is 2. The van der Waals surface area contributed by atoms with Crippen molar-refractivity contribution in [2.24, 2.45) is 0 Å². The Morgan fingerprint density at radius 3 is 2.49 bits per heavy atom. The first-order valence-corrected chi connectivity index (χ1v) is 13.5. The quantitative estimate of drug-likeness (QED) is 0.390.